The monoisotopic (exact) mass is 555 g/mol. The van der Waals surface area contributed by atoms with E-state index in [1.54, 1.807) is 30.0 Å². The third-order valence-corrected chi connectivity index (χ3v) is 7.22. The number of benzene rings is 3. The van der Waals surface area contributed by atoms with Gasteiger partial charge in [0.05, 0.1) is 23.8 Å². The van der Waals surface area contributed by atoms with Crippen LogP contribution in [0.3, 0.4) is 0 Å². The first-order chi connectivity index (χ1) is 17.8. The van der Waals surface area contributed by atoms with E-state index >= 15 is 0 Å². The smallest absolute Gasteiger partial charge is 0.269 e. The van der Waals surface area contributed by atoms with Crippen LogP contribution >= 0.6 is 35.0 Å². The Morgan fingerprint density at radius 2 is 1.68 bits per heavy atom. The minimum absolute atomic E-state index is 0.0648. The Morgan fingerprint density at radius 3 is 2.30 bits per heavy atom. The molecule has 0 fully saturated rings. The number of nitro groups is 1. The third-order valence-electron chi connectivity index (χ3n) is 5.69. The second-order valence-corrected chi connectivity index (χ2v) is 10.8. The second kappa shape index (κ2) is 12.6. The van der Waals surface area contributed by atoms with Crippen molar-refractivity contribution in [2.45, 2.75) is 49.3 Å². The summed E-state index contributed by atoms with van der Waals surface area (Å²) in [4.78, 5) is 16.7. The number of hydrogen-bond acceptors (Lipinski definition) is 5. The second-order valence-electron chi connectivity index (χ2n) is 8.88. The van der Waals surface area contributed by atoms with E-state index in [2.05, 4.69) is 18.4 Å². The number of imidazole rings is 1. The summed E-state index contributed by atoms with van der Waals surface area (Å²) in [5.41, 5.74) is 3.10. The largest absolute Gasteiger partial charge is 0.376 e. The van der Waals surface area contributed by atoms with E-state index in [0.29, 0.717) is 36.2 Å². The van der Waals surface area contributed by atoms with Crippen molar-refractivity contribution in [1.82, 2.24) is 9.55 Å². The van der Waals surface area contributed by atoms with E-state index in [0.717, 1.165) is 32.6 Å². The molecular formula is C28H27Cl2N3O3S. The van der Waals surface area contributed by atoms with Gasteiger partial charge >= 0.3 is 0 Å². The highest BCUT2D eigenvalue weighted by Crippen LogP contribution is 2.37. The Morgan fingerprint density at radius 1 is 1.00 bits per heavy atom. The molecule has 0 N–H and O–H groups in total. The Labute approximate surface area is 230 Å². The van der Waals surface area contributed by atoms with Gasteiger partial charge in [0.15, 0.2) is 0 Å². The van der Waals surface area contributed by atoms with Crippen molar-refractivity contribution < 1.29 is 9.66 Å². The molecule has 0 unspecified atom stereocenters. The molecule has 0 amide bonds. The summed E-state index contributed by atoms with van der Waals surface area (Å²) in [7, 11) is 0. The van der Waals surface area contributed by atoms with Gasteiger partial charge in [0.1, 0.15) is 10.9 Å². The van der Waals surface area contributed by atoms with E-state index in [1.165, 1.54) is 12.1 Å². The molecule has 0 aliphatic carbocycles. The molecular weight excluding hydrogens is 529 g/mol. The first-order valence-corrected chi connectivity index (χ1v) is 13.5. The molecule has 4 rings (SSSR count). The number of non-ortho nitro benzene ring substituents is 1. The summed E-state index contributed by atoms with van der Waals surface area (Å²) in [5.74, 6) is 1.07. The molecule has 0 radical (unpaired) electrons. The lowest BCUT2D eigenvalue weighted by Crippen LogP contribution is -2.10. The van der Waals surface area contributed by atoms with E-state index < -0.39 is 4.92 Å². The fourth-order valence-electron chi connectivity index (χ4n) is 3.87. The Balaban J connectivity index is 1.65. The van der Waals surface area contributed by atoms with Gasteiger partial charge in [-0.15, -0.1) is 0 Å². The lowest BCUT2D eigenvalue weighted by Gasteiger charge is -2.14. The average molecular weight is 557 g/mol. The molecule has 0 bridgehead atoms. The quantitative estimate of drug-likeness (QED) is 0.106. The molecule has 1 aromatic heterocycles. The molecule has 6 nitrogen and oxygen atoms in total. The Hall–Kier alpha value is -2.84. The normalized spacial score (nSPS) is 11.3. The zero-order valence-electron chi connectivity index (χ0n) is 20.6. The molecule has 0 spiro atoms. The van der Waals surface area contributed by atoms with Gasteiger partial charge in [-0.25, -0.2) is 4.98 Å². The highest BCUT2D eigenvalue weighted by Gasteiger charge is 2.21. The summed E-state index contributed by atoms with van der Waals surface area (Å²) in [6, 6.07) is 22.2. The van der Waals surface area contributed by atoms with Crippen LogP contribution in [-0.4, -0.2) is 21.1 Å². The molecule has 37 heavy (non-hydrogen) atoms. The standard InChI is InChI=1S/C28H27Cl2N3O3S/c1-19(2)27-28(37-25-15-22(29)14-23(30)16-25)32(17-20-8-10-24(11-9-20)33(34)35)26(31-27)12-13-36-18-21-6-4-3-5-7-21/h3-11,14-16,19H,12-13,17-18H2,1-2H3. The first-order valence-electron chi connectivity index (χ1n) is 11.9. The molecule has 3 aromatic carbocycles. The van der Waals surface area contributed by atoms with Crippen LogP contribution < -0.4 is 0 Å². The van der Waals surface area contributed by atoms with Crippen molar-refractivity contribution in [3.05, 3.63) is 116 Å². The van der Waals surface area contributed by atoms with Crippen LogP contribution in [0.25, 0.3) is 0 Å². The van der Waals surface area contributed by atoms with Gasteiger partial charge in [0.2, 0.25) is 0 Å². The van der Waals surface area contributed by atoms with E-state index in [4.69, 9.17) is 32.9 Å². The maximum atomic E-state index is 11.1. The van der Waals surface area contributed by atoms with Crippen LogP contribution in [-0.2, 0) is 24.3 Å². The van der Waals surface area contributed by atoms with Crippen LogP contribution in [0.5, 0.6) is 0 Å². The topological polar surface area (TPSA) is 70.2 Å². The Kier molecular flexibility index (Phi) is 9.27. The van der Waals surface area contributed by atoms with Crippen molar-refractivity contribution in [3.63, 3.8) is 0 Å². The summed E-state index contributed by atoms with van der Waals surface area (Å²) in [6.07, 6.45) is 0.621. The average Bonchev–Trinajstić information content (AvgIpc) is 3.19. The van der Waals surface area contributed by atoms with Gasteiger partial charge in [-0.1, -0.05) is 91.3 Å². The fourth-order valence-corrected chi connectivity index (χ4v) is 5.79. The van der Waals surface area contributed by atoms with E-state index in [-0.39, 0.29) is 11.6 Å². The number of ether oxygens (including phenoxy) is 1. The highest BCUT2D eigenvalue weighted by atomic mass is 35.5. The number of nitro benzene ring substituents is 1. The lowest BCUT2D eigenvalue weighted by molar-refractivity contribution is -0.384. The van der Waals surface area contributed by atoms with Crippen molar-refractivity contribution in [3.8, 4) is 0 Å². The van der Waals surface area contributed by atoms with Gasteiger partial charge in [-0.3, -0.25) is 10.1 Å². The van der Waals surface area contributed by atoms with Crippen molar-refractivity contribution in [2.75, 3.05) is 6.61 Å². The van der Waals surface area contributed by atoms with Gasteiger partial charge < -0.3 is 9.30 Å². The minimum atomic E-state index is -0.391. The number of halogens is 2. The van der Waals surface area contributed by atoms with Crippen LogP contribution in [0.2, 0.25) is 10.0 Å². The van der Waals surface area contributed by atoms with Crippen molar-refractivity contribution >= 4 is 40.7 Å². The van der Waals surface area contributed by atoms with Gasteiger partial charge in [-0.2, -0.15) is 0 Å². The maximum absolute atomic E-state index is 11.1. The summed E-state index contributed by atoms with van der Waals surface area (Å²) in [5, 5.41) is 13.2. The van der Waals surface area contributed by atoms with E-state index in [9.17, 15) is 10.1 Å². The maximum Gasteiger partial charge on any atom is 0.269 e. The predicted molar refractivity (Wildman–Crippen MR) is 149 cm³/mol. The van der Waals surface area contributed by atoms with Gasteiger partial charge in [0, 0.05) is 40.0 Å². The minimum Gasteiger partial charge on any atom is -0.376 e. The molecule has 4 aromatic rings. The summed E-state index contributed by atoms with van der Waals surface area (Å²) >= 11 is 14.1. The predicted octanol–water partition coefficient (Wildman–Crippen LogP) is 8.18. The molecule has 1 heterocycles. The first kappa shape index (κ1) is 27.2. The summed E-state index contributed by atoms with van der Waals surface area (Å²) in [6.45, 7) is 5.79. The van der Waals surface area contributed by atoms with E-state index in [1.807, 2.05) is 42.5 Å². The number of aromatic nitrogens is 2. The SMILES string of the molecule is CC(C)c1nc(CCOCc2ccccc2)n(Cc2ccc([N+](=O)[O-])cc2)c1Sc1cc(Cl)cc(Cl)c1. The molecule has 0 saturated heterocycles. The molecule has 9 heteroatoms. The van der Waals surface area contributed by atoms with Crippen molar-refractivity contribution in [2.24, 2.45) is 0 Å². The van der Waals surface area contributed by atoms with Gasteiger partial charge in [0.25, 0.3) is 5.69 Å². The van der Waals surface area contributed by atoms with Gasteiger partial charge in [-0.05, 0) is 35.2 Å². The molecule has 0 saturated carbocycles. The molecule has 192 valence electrons. The molecule has 0 aliphatic rings. The zero-order chi connectivity index (χ0) is 26.4. The number of hydrogen-bond donors (Lipinski definition) is 0. The molecule has 0 atom stereocenters. The highest BCUT2D eigenvalue weighted by molar-refractivity contribution is 7.99. The van der Waals surface area contributed by atoms with Crippen LogP contribution in [0, 0.1) is 10.1 Å². The van der Waals surface area contributed by atoms with Crippen molar-refractivity contribution in [1.29, 1.82) is 0 Å². The number of nitrogens with zero attached hydrogens (tertiary/aromatic N) is 3. The fraction of sp³-hybridized carbons (Fsp3) is 0.250. The van der Waals surface area contributed by atoms with Crippen LogP contribution in [0.4, 0.5) is 5.69 Å². The zero-order valence-corrected chi connectivity index (χ0v) is 22.9. The molecule has 0 aliphatic heterocycles. The van der Waals surface area contributed by atoms with Crippen LogP contribution in [0.1, 0.15) is 42.4 Å². The number of rotatable bonds is 11. The van der Waals surface area contributed by atoms with Crippen LogP contribution in [0.15, 0.2) is 82.7 Å². The Bertz CT molecular complexity index is 1340. The lowest BCUT2D eigenvalue weighted by atomic mass is 10.1. The third kappa shape index (κ3) is 7.36. The summed E-state index contributed by atoms with van der Waals surface area (Å²) < 4.78 is 8.13.